The minimum absolute atomic E-state index is 0.0675. The summed E-state index contributed by atoms with van der Waals surface area (Å²) < 4.78 is 0. The molecule has 82 valence electrons. The molecule has 0 saturated carbocycles. The fraction of sp³-hybridized carbons (Fsp3) is 0.462. The van der Waals surface area contributed by atoms with E-state index in [-0.39, 0.29) is 17.4 Å². The second-order valence-corrected chi connectivity index (χ2v) is 4.86. The van der Waals surface area contributed by atoms with Crippen molar-refractivity contribution < 1.29 is 4.79 Å². The average Bonchev–Trinajstić information content (AvgIpc) is 2.17. The number of carbonyl (C=O) groups is 1. The van der Waals surface area contributed by atoms with Crippen LogP contribution in [0.5, 0.6) is 0 Å². The highest BCUT2D eigenvalue weighted by molar-refractivity contribution is 5.81. The van der Waals surface area contributed by atoms with Crippen LogP contribution in [0.15, 0.2) is 30.3 Å². The largest absolute Gasteiger partial charge is 0.349 e. The van der Waals surface area contributed by atoms with Gasteiger partial charge in [-0.15, -0.1) is 0 Å². The van der Waals surface area contributed by atoms with Crippen molar-refractivity contribution in [3.05, 3.63) is 35.9 Å². The van der Waals surface area contributed by atoms with Gasteiger partial charge in [-0.2, -0.15) is 0 Å². The van der Waals surface area contributed by atoms with Gasteiger partial charge in [0.05, 0.1) is 6.04 Å². The minimum Gasteiger partial charge on any atom is -0.349 e. The lowest BCUT2D eigenvalue weighted by molar-refractivity contribution is -0.129. The maximum Gasteiger partial charge on any atom is 0.225 e. The Kier molecular flexibility index (Phi) is 3.51. The van der Waals surface area contributed by atoms with E-state index in [9.17, 15) is 4.79 Å². The molecule has 0 heterocycles. The van der Waals surface area contributed by atoms with Crippen LogP contribution in [0.3, 0.4) is 0 Å². The zero-order chi connectivity index (χ0) is 11.5. The Morgan fingerprint density at radius 3 is 2.20 bits per heavy atom. The number of benzene rings is 1. The molecule has 1 N–H and O–H groups in total. The number of carbonyl (C=O) groups excluding carboxylic acids is 1. The molecule has 1 atom stereocenters. The maximum absolute atomic E-state index is 11.7. The van der Waals surface area contributed by atoms with Gasteiger partial charge < -0.3 is 5.32 Å². The van der Waals surface area contributed by atoms with Crippen molar-refractivity contribution in [2.24, 2.45) is 5.41 Å². The highest BCUT2D eigenvalue weighted by atomic mass is 16.2. The fourth-order valence-corrected chi connectivity index (χ4v) is 1.24. The Morgan fingerprint density at radius 1 is 1.20 bits per heavy atom. The van der Waals surface area contributed by atoms with Crippen LogP contribution in [0.1, 0.15) is 39.3 Å². The van der Waals surface area contributed by atoms with Crippen LogP contribution in [-0.2, 0) is 4.79 Å². The molecule has 0 aliphatic rings. The van der Waals surface area contributed by atoms with Gasteiger partial charge in [0.1, 0.15) is 0 Å². The normalized spacial score (nSPS) is 13.3. The summed E-state index contributed by atoms with van der Waals surface area (Å²) in [6.07, 6.45) is 0. The maximum atomic E-state index is 11.7. The molecule has 0 unspecified atom stereocenters. The van der Waals surface area contributed by atoms with Crippen LogP contribution in [0.2, 0.25) is 0 Å². The van der Waals surface area contributed by atoms with E-state index in [1.54, 1.807) is 0 Å². The Labute approximate surface area is 91.7 Å². The zero-order valence-corrected chi connectivity index (χ0v) is 9.87. The number of nitrogens with one attached hydrogen (secondary N) is 1. The second kappa shape index (κ2) is 4.47. The van der Waals surface area contributed by atoms with Gasteiger partial charge in [-0.3, -0.25) is 4.79 Å². The van der Waals surface area contributed by atoms with Crippen molar-refractivity contribution >= 4 is 5.91 Å². The zero-order valence-electron chi connectivity index (χ0n) is 9.87. The van der Waals surface area contributed by atoms with E-state index in [0.717, 1.165) is 5.56 Å². The predicted molar refractivity (Wildman–Crippen MR) is 62.5 cm³/mol. The van der Waals surface area contributed by atoms with Gasteiger partial charge in [0.2, 0.25) is 5.91 Å². The van der Waals surface area contributed by atoms with Crippen molar-refractivity contribution in [2.45, 2.75) is 33.7 Å². The SMILES string of the molecule is C[C@@H](NC(=O)C(C)(C)C)c1ccccc1. The van der Waals surface area contributed by atoms with E-state index in [1.807, 2.05) is 58.0 Å². The first kappa shape index (κ1) is 11.8. The summed E-state index contributed by atoms with van der Waals surface area (Å²) in [7, 11) is 0. The van der Waals surface area contributed by atoms with Gasteiger partial charge in [-0.1, -0.05) is 51.1 Å². The Bertz CT molecular complexity index is 324. The van der Waals surface area contributed by atoms with Gasteiger partial charge in [0, 0.05) is 5.41 Å². The number of hydrogen-bond donors (Lipinski definition) is 1. The lowest BCUT2D eigenvalue weighted by Crippen LogP contribution is -2.36. The van der Waals surface area contributed by atoms with Gasteiger partial charge in [-0.25, -0.2) is 0 Å². The van der Waals surface area contributed by atoms with Crippen LogP contribution < -0.4 is 5.32 Å². The molecule has 0 fully saturated rings. The summed E-state index contributed by atoms with van der Waals surface area (Å²) in [6, 6.07) is 10.0. The topological polar surface area (TPSA) is 29.1 Å². The molecule has 1 aromatic carbocycles. The standard InChI is InChI=1S/C13H19NO/c1-10(11-8-6-5-7-9-11)14-12(15)13(2,3)4/h5-10H,1-4H3,(H,14,15)/t10-/m1/s1. The monoisotopic (exact) mass is 205 g/mol. The first-order valence-electron chi connectivity index (χ1n) is 5.27. The third-order valence-corrected chi connectivity index (χ3v) is 2.33. The summed E-state index contributed by atoms with van der Waals surface area (Å²) in [5.74, 6) is 0.0823. The van der Waals surface area contributed by atoms with Gasteiger partial charge in [-0.05, 0) is 12.5 Å². The molecule has 1 aromatic rings. The molecule has 0 aliphatic carbocycles. The summed E-state index contributed by atoms with van der Waals surface area (Å²) in [6.45, 7) is 7.75. The molecule has 0 bridgehead atoms. The first-order chi connectivity index (χ1) is 6.91. The predicted octanol–water partition coefficient (Wildman–Crippen LogP) is 2.91. The molecule has 2 heteroatoms. The highest BCUT2D eigenvalue weighted by Crippen LogP contribution is 2.17. The molecule has 0 aliphatic heterocycles. The Balaban J connectivity index is 2.65. The second-order valence-electron chi connectivity index (χ2n) is 4.86. The van der Waals surface area contributed by atoms with E-state index < -0.39 is 0 Å². The smallest absolute Gasteiger partial charge is 0.225 e. The van der Waals surface area contributed by atoms with E-state index >= 15 is 0 Å². The van der Waals surface area contributed by atoms with Crippen LogP contribution in [0.4, 0.5) is 0 Å². The van der Waals surface area contributed by atoms with Crippen LogP contribution >= 0.6 is 0 Å². The van der Waals surface area contributed by atoms with Crippen molar-refractivity contribution in [2.75, 3.05) is 0 Å². The first-order valence-corrected chi connectivity index (χ1v) is 5.27. The molecular weight excluding hydrogens is 186 g/mol. The molecule has 1 amide bonds. The van der Waals surface area contributed by atoms with Crippen LogP contribution in [-0.4, -0.2) is 5.91 Å². The summed E-state index contributed by atoms with van der Waals surface area (Å²) in [5.41, 5.74) is 0.804. The van der Waals surface area contributed by atoms with Crippen molar-refractivity contribution in [3.63, 3.8) is 0 Å². The Morgan fingerprint density at radius 2 is 1.73 bits per heavy atom. The molecule has 2 nitrogen and oxygen atoms in total. The molecular formula is C13H19NO. The molecule has 15 heavy (non-hydrogen) atoms. The number of hydrogen-bond acceptors (Lipinski definition) is 1. The van der Waals surface area contributed by atoms with E-state index in [2.05, 4.69) is 5.32 Å². The Hall–Kier alpha value is -1.31. The molecule has 0 aromatic heterocycles. The molecule has 1 rings (SSSR count). The van der Waals surface area contributed by atoms with Crippen LogP contribution in [0, 0.1) is 5.41 Å². The number of rotatable bonds is 2. The highest BCUT2D eigenvalue weighted by Gasteiger charge is 2.22. The third-order valence-electron chi connectivity index (χ3n) is 2.33. The summed E-state index contributed by atoms with van der Waals surface area (Å²) in [5, 5.41) is 3.00. The average molecular weight is 205 g/mol. The van der Waals surface area contributed by atoms with E-state index in [0.29, 0.717) is 0 Å². The molecule has 0 radical (unpaired) electrons. The van der Waals surface area contributed by atoms with Gasteiger partial charge in [0.15, 0.2) is 0 Å². The fourth-order valence-electron chi connectivity index (χ4n) is 1.24. The quantitative estimate of drug-likeness (QED) is 0.790. The molecule has 0 spiro atoms. The third kappa shape index (κ3) is 3.39. The van der Waals surface area contributed by atoms with Crippen molar-refractivity contribution in [1.82, 2.24) is 5.32 Å². The van der Waals surface area contributed by atoms with Crippen molar-refractivity contribution in [1.29, 1.82) is 0 Å². The minimum atomic E-state index is -0.330. The van der Waals surface area contributed by atoms with Crippen molar-refractivity contribution in [3.8, 4) is 0 Å². The van der Waals surface area contributed by atoms with Gasteiger partial charge in [0.25, 0.3) is 0 Å². The van der Waals surface area contributed by atoms with Gasteiger partial charge >= 0.3 is 0 Å². The van der Waals surface area contributed by atoms with E-state index in [1.165, 1.54) is 0 Å². The lowest BCUT2D eigenvalue weighted by Gasteiger charge is -2.22. The molecule has 0 saturated heterocycles. The summed E-state index contributed by atoms with van der Waals surface area (Å²) in [4.78, 5) is 11.7. The number of amides is 1. The van der Waals surface area contributed by atoms with Crippen LogP contribution in [0.25, 0.3) is 0 Å². The summed E-state index contributed by atoms with van der Waals surface area (Å²) >= 11 is 0. The van der Waals surface area contributed by atoms with E-state index in [4.69, 9.17) is 0 Å². The lowest BCUT2D eigenvalue weighted by atomic mass is 9.95.